The van der Waals surface area contributed by atoms with Gasteiger partial charge in [0.2, 0.25) is 0 Å². The lowest BCUT2D eigenvalue weighted by Crippen LogP contribution is -2.26. The van der Waals surface area contributed by atoms with Crippen LogP contribution in [0.25, 0.3) is 0 Å². The molecule has 2 nitrogen and oxygen atoms in total. The Morgan fingerprint density at radius 1 is 1.57 bits per heavy atom. The highest BCUT2D eigenvalue weighted by Crippen LogP contribution is 2.13. The Labute approximate surface area is 39.4 Å². The molecule has 0 saturated carbocycles. The second-order valence-corrected chi connectivity index (χ2v) is 1.20. The van der Waals surface area contributed by atoms with Crippen LogP contribution in [0.3, 0.4) is 0 Å². The maximum Gasteiger partial charge on any atom is 0.409 e. The van der Waals surface area contributed by atoms with E-state index in [1.165, 1.54) is 0 Å². The largest absolute Gasteiger partial charge is 0.409 e. The predicted molar refractivity (Wildman–Crippen MR) is 15.8 cm³/mol. The Bertz CT molecular complexity index is 56.4. The average Bonchev–Trinajstić information content (AvgIpc) is 1.31. The van der Waals surface area contributed by atoms with Crippen LogP contribution in [0.15, 0.2) is 0 Å². The number of halogens is 2. The van der Waals surface area contributed by atoms with Crippen molar-refractivity contribution in [3.05, 3.63) is 0 Å². The van der Waals surface area contributed by atoms with E-state index < -0.39 is 12.2 Å². The van der Waals surface area contributed by atoms with Gasteiger partial charge in [-0.3, -0.25) is 0 Å². The fourth-order valence-corrected chi connectivity index (χ4v) is 0. The lowest BCUT2D eigenvalue weighted by atomic mass is 10.4. The maximum absolute atomic E-state index is 11.0. The van der Waals surface area contributed by atoms with Crippen LogP contribution < -0.4 is 0 Å². The zero-order chi connectivity index (χ0) is 6.08. The van der Waals surface area contributed by atoms with Crippen molar-refractivity contribution in [2.24, 2.45) is 0 Å². The minimum Gasteiger partial charge on any atom is -0.224 e. The van der Waals surface area contributed by atoms with Crippen LogP contribution in [0.5, 0.6) is 0 Å². The summed E-state index contributed by atoms with van der Waals surface area (Å²) in [5, 5.41) is 18.6. The van der Waals surface area contributed by atoms with Crippen molar-refractivity contribution in [2.45, 2.75) is 19.1 Å². The summed E-state index contributed by atoms with van der Waals surface area (Å²) in [7, 11) is 0. The molecule has 0 saturated heterocycles. The Balaban J connectivity index is 3.54. The lowest BCUT2D eigenvalue weighted by molar-refractivity contribution is -0.300. The first-order valence-electron chi connectivity index (χ1n) is 1.68. The van der Waals surface area contributed by atoms with Crippen LogP contribution in [0.4, 0.5) is 8.78 Å². The Morgan fingerprint density at radius 2 is 1.71 bits per heavy atom. The fourth-order valence-electron chi connectivity index (χ4n) is 0. The molecule has 0 aliphatic rings. The molecule has 4 heteroatoms. The zero-order valence-corrected chi connectivity index (χ0v) is 3.65. The quantitative estimate of drug-likeness (QED) is 0.479. The molecule has 0 bridgehead atoms. The Hall–Kier alpha value is -0.220. The van der Waals surface area contributed by atoms with Gasteiger partial charge in [0, 0.05) is 0 Å². The van der Waals surface area contributed by atoms with E-state index in [1.54, 1.807) is 0 Å². The van der Waals surface area contributed by atoms with Crippen molar-refractivity contribution in [2.75, 3.05) is 0 Å². The Morgan fingerprint density at radius 3 is 1.71 bits per heavy atom. The van der Waals surface area contributed by atoms with Crippen molar-refractivity contribution in [1.29, 1.82) is 0 Å². The van der Waals surface area contributed by atoms with Crippen molar-refractivity contribution in [3.63, 3.8) is 0 Å². The summed E-state index contributed by atoms with van der Waals surface area (Å²) in [6, 6.07) is 0. The van der Waals surface area contributed by atoms with Gasteiger partial charge in [0.1, 0.15) is 0 Å². The Kier molecular flexibility index (Phi) is 1.66. The maximum atomic E-state index is 11.0. The monoisotopic (exact) mass is 110 g/mol. The van der Waals surface area contributed by atoms with Gasteiger partial charge in [0.25, 0.3) is 0 Å². The van der Waals surface area contributed by atoms with Gasteiger partial charge in [0.15, 0.2) is 6.10 Å². The number of rotatable bonds is 1. The van der Waals surface area contributed by atoms with Gasteiger partial charge >= 0.3 is 6.11 Å². The summed E-state index contributed by atoms with van der Waals surface area (Å²) in [6.45, 7) is 0.632. The van der Waals surface area contributed by atoms with E-state index in [0.717, 1.165) is 0 Å². The smallest absolute Gasteiger partial charge is 0.224 e. The average molecular weight is 110 g/mol. The van der Waals surface area contributed by atoms with Crippen LogP contribution in [0.1, 0.15) is 6.92 Å². The van der Waals surface area contributed by atoms with E-state index in [-0.39, 0.29) is 0 Å². The summed E-state index contributed by atoms with van der Waals surface area (Å²) in [5.41, 5.74) is 0. The summed E-state index contributed by atoms with van der Waals surface area (Å²) in [4.78, 5) is 0. The summed E-state index contributed by atoms with van der Waals surface area (Å²) < 4.78 is 22.0. The third-order valence-corrected chi connectivity index (χ3v) is 0.473. The normalized spacial score (nSPS) is 16.7. The van der Waals surface area contributed by atoms with Crippen molar-refractivity contribution in [1.82, 2.24) is 0 Å². The highest BCUT2D eigenvalue weighted by Gasteiger charge is 2.35. The summed E-state index contributed by atoms with van der Waals surface area (Å²) >= 11 is 0. The first-order chi connectivity index (χ1) is 2.94. The molecule has 0 aromatic rings. The molecule has 0 rings (SSSR count). The third kappa shape index (κ3) is 2.47. The van der Waals surface area contributed by atoms with Gasteiger partial charge in [-0.25, -0.2) is 5.11 Å². The van der Waals surface area contributed by atoms with E-state index in [4.69, 9.17) is 5.11 Å². The van der Waals surface area contributed by atoms with Gasteiger partial charge in [-0.1, -0.05) is 0 Å². The highest BCUT2D eigenvalue weighted by atomic mass is 19.3. The molecule has 1 unspecified atom stereocenters. The third-order valence-electron chi connectivity index (χ3n) is 0.473. The first-order valence-corrected chi connectivity index (χ1v) is 1.68. The molecule has 0 heterocycles. The van der Waals surface area contributed by atoms with Gasteiger partial charge in [-0.2, -0.15) is 13.9 Å². The molecule has 0 spiro atoms. The van der Waals surface area contributed by atoms with E-state index in [9.17, 15) is 13.9 Å². The van der Waals surface area contributed by atoms with Crippen molar-refractivity contribution in [3.8, 4) is 0 Å². The minimum atomic E-state index is -4.31. The molecule has 0 aliphatic heterocycles. The van der Waals surface area contributed by atoms with E-state index in [0.29, 0.717) is 6.92 Å². The second-order valence-electron chi connectivity index (χ2n) is 1.20. The standard InChI is InChI=1S/C3H4F2O2/c1-2(6)3(4,5)7/h2H,1H3. The summed E-state index contributed by atoms with van der Waals surface area (Å²) in [5.74, 6) is 0. The highest BCUT2D eigenvalue weighted by molar-refractivity contribution is 4.53. The predicted octanol–water partition coefficient (Wildman–Crippen LogP) is 0.829. The molecule has 7 heavy (non-hydrogen) atoms. The van der Waals surface area contributed by atoms with Crippen LogP contribution in [-0.2, 0) is 10.2 Å². The van der Waals surface area contributed by atoms with Crippen molar-refractivity contribution >= 4 is 0 Å². The van der Waals surface area contributed by atoms with Crippen LogP contribution in [-0.4, -0.2) is 12.2 Å². The first kappa shape index (κ1) is 6.78. The molecule has 1 atom stereocenters. The lowest BCUT2D eigenvalue weighted by Gasteiger charge is -2.04. The number of alkyl halides is 2. The van der Waals surface area contributed by atoms with Crippen molar-refractivity contribution < 1.29 is 19.0 Å². The van der Waals surface area contributed by atoms with E-state index in [1.807, 2.05) is 0 Å². The van der Waals surface area contributed by atoms with Gasteiger partial charge in [0.05, 0.1) is 0 Å². The molecular formula is C3H4F2O2. The van der Waals surface area contributed by atoms with E-state index >= 15 is 0 Å². The molecular weight excluding hydrogens is 106 g/mol. The van der Waals surface area contributed by atoms with Crippen LogP contribution in [0.2, 0.25) is 0 Å². The topological polar surface area (TPSA) is 39.8 Å². The molecule has 0 fully saturated rings. The van der Waals surface area contributed by atoms with Gasteiger partial charge in [-0.05, 0) is 6.92 Å². The van der Waals surface area contributed by atoms with Crippen LogP contribution >= 0.6 is 0 Å². The molecule has 0 aromatic heterocycles. The zero-order valence-electron chi connectivity index (χ0n) is 3.65. The summed E-state index contributed by atoms with van der Waals surface area (Å²) in [6.07, 6.45) is -6.65. The number of hydrogen-bond acceptors (Lipinski definition) is 0. The molecule has 42 valence electrons. The number of hydrogen-bond donors (Lipinski definition) is 0. The molecule has 2 radical (unpaired) electrons. The van der Waals surface area contributed by atoms with Gasteiger partial charge in [-0.15, -0.1) is 0 Å². The van der Waals surface area contributed by atoms with Gasteiger partial charge < -0.3 is 0 Å². The fraction of sp³-hybridized carbons (Fsp3) is 1.00. The van der Waals surface area contributed by atoms with Crippen LogP contribution in [0, 0.1) is 0 Å². The SMILES string of the molecule is CC([O])C([O])(F)F. The second kappa shape index (κ2) is 1.71. The molecule has 0 N–H and O–H groups in total. The van der Waals surface area contributed by atoms with E-state index in [2.05, 4.69) is 0 Å². The molecule has 0 aromatic carbocycles. The molecule has 0 amide bonds. The molecule has 0 aliphatic carbocycles. The minimum absolute atomic E-state index is 0.632.